The zero-order chi connectivity index (χ0) is 12.2. The molecule has 0 saturated carbocycles. The molecule has 16 heavy (non-hydrogen) atoms. The van der Waals surface area contributed by atoms with Crippen LogP contribution in [0.4, 0.5) is 13.2 Å². The maximum atomic E-state index is 12.6. The van der Waals surface area contributed by atoms with Crippen molar-refractivity contribution in [2.24, 2.45) is 0 Å². The van der Waals surface area contributed by atoms with E-state index < -0.39 is 11.7 Å². The highest BCUT2D eigenvalue weighted by Gasteiger charge is 2.32. The van der Waals surface area contributed by atoms with Gasteiger partial charge >= 0.3 is 6.18 Å². The Bertz CT molecular complexity index is 340. The van der Waals surface area contributed by atoms with Crippen molar-refractivity contribution in [3.8, 4) is 0 Å². The molecular weight excluding hydrogens is 213 g/mol. The molecule has 0 N–H and O–H groups in total. The number of alkyl halides is 3. The molecule has 0 radical (unpaired) electrons. The van der Waals surface area contributed by atoms with E-state index in [0.717, 1.165) is 37.3 Å². The fourth-order valence-corrected chi connectivity index (χ4v) is 1.83. The van der Waals surface area contributed by atoms with Gasteiger partial charge in [0, 0.05) is 0 Å². The summed E-state index contributed by atoms with van der Waals surface area (Å²) in [5.41, 5.74) is 0.705. The molecule has 0 bridgehead atoms. The van der Waals surface area contributed by atoms with Crippen LogP contribution in [0.25, 0.3) is 0 Å². The monoisotopic (exact) mass is 230 g/mol. The molecule has 0 heterocycles. The smallest absolute Gasteiger partial charge is 0.166 e. The van der Waals surface area contributed by atoms with Crippen LogP contribution in [0, 0.1) is 6.92 Å². The predicted molar refractivity (Wildman–Crippen MR) is 59.4 cm³/mol. The lowest BCUT2D eigenvalue weighted by Crippen LogP contribution is -2.09. The van der Waals surface area contributed by atoms with E-state index in [-0.39, 0.29) is 0 Å². The third kappa shape index (κ3) is 3.26. The van der Waals surface area contributed by atoms with Crippen LogP contribution in [-0.4, -0.2) is 0 Å². The van der Waals surface area contributed by atoms with Gasteiger partial charge < -0.3 is 0 Å². The van der Waals surface area contributed by atoms with Crippen LogP contribution >= 0.6 is 0 Å². The molecule has 0 nitrogen and oxygen atoms in total. The van der Waals surface area contributed by atoms with Crippen molar-refractivity contribution >= 4 is 0 Å². The number of hydrogen-bond donors (Lipinski definition) is 0. The molecule has 0 atom stereocenters. The van der Waals surface area contributed by atoms with E-state index in [2.05, 4.69) is 6.92 Å². The largest absolute Gasteiger partial charge is 0.416 e. The number of benzene rings is 1. The van der Waals surface area contributed by atoms with Gasteiger partial charge in [0.2, 0.25) is 0 Å². The Labute approximate surface area is 94.5 Å². The number of unbranched alkanes of at least 4 members (excludes halogenated alkanes) is 2. The highest BCUT2D eigenvalue weighted by Crippen LogP contribution is 2.33. The molecule has 0 unspecified atom stereocenters. The summed E-state index contributed by atoms with van der Waals surface area (Å²) in [4.78, 5) is 0. The Morgan fingerprint density at radius 2 is 1.81 bits per heavy atom. The van der Waals surface area contributed by atoms with Gasteiger partial charge in [0.05, 0.1) is 5.56 Å². The van der Waals surface area contributed by atoms with Crippen LogP contribution in [-0.2, 0) is 12.6 Å². The van der Waals surface area contributed by atoms with Crippen molar-refractivity contribution in [1.82, 2.24) is 0 Å². The average molecular weight is 230 g/mol. The third-order valence-electron chi connectivity index (χ3n) is 2.80. The van der Waals surface area contributed by atoms with Crippen LogP contribution < -0.4 is 0 Å². The van der Waals surface area contributed by atoms with Crippen molar-refractivity contribution in [3.05, 3.63) is 34.9 Å². The van der Waals surface area contributed by atoms with Crippen LogP contribution in [0.5, 0.6) is 0 Å². The fourth-order valence-electron chi connectivity index (χ4n) is 1.83. The Hall–Kier alpha value is -0.990. The summed E-state index contributed by atoms with van der Waals surface area (Å²) in [7, 11) is 0. The van der Waals surface area contributed by atoms with Crippen molar-refractivity contribution in [2.45, 2.75) is 45.7 Å². The van der Waals surface area contributed by atoms with Crippen LogP contribution in [0.3, 0.4) is 0 Å². The molecule has 1 aromatic carbocycles. The molecule has 90 valence electrons. The van der Waals surface area contributed by atoms with Gasteiger partial charge in [-0.05, 0) is 37.0 Å². The van der Waals surface area contributed by atoms with Crippen molar-refractivity contribution in [2.75, 3.05) is 0 Å². The molecular formula is C13H17F3. The fraction of sp³-hybridized carbons (Fsp3) is 0.538. The van der Waals surface area contributed by atoms with Crippen LogP contribution in [0.15, 0.2) is 18.2 Å². The number of halogens is 3. The Morgan fingerprint density at radius 1 is 1.12 bits per heavy atom. The lowest BCUT2D eigenvalue weighted by atomic mass is 9.97. The summed E-state index contributed by atoms with van der Waals surface area (Å²) in [6.45, 7) is 3.64. The molecule has 0 aliphatic heterocycles. The van der Waals surface area contributed by atoms with E-state index in [0.29, 0.717) is 5.56 Å². The summed E-state index contributed by atoms with van der Waals surface area (Å²) in [5, 5.41) is 0. The molecule has 0 fully saturated rings. The molecule has 1 aromatic rings. The standard InChI is InChI=1S/C13H17F3/c1-3-4-5-7-11-8-6-9-12(10(11)2)13(14,15)16/h6,8-9H,3-5,7H2,1-2H3. The molecule has 0 aliphatic carbocycles. The van der Waals surface area contributed by atoms with Gasteiger partial charge in [-0.3, -0.25) is 0 Å². The minimum Gasteiger partial charge on any atom is -0.166 e. The number of rotatable bonds is 4. The molecule has 0 saturated heterocycles. The first-order valence-corrected chi connectivity index (χ1v) is 5.62. The second-order valence-electron chi connectivity index (χ2n) is 4.04. The first kappa shape index (κ1) is 13.1. The summed E-state index contributed by atoms with van der Waals surface area (Å²) in [6.07, 6.45) is -0.388. The quantitative estimate of drug-likeness (QED) is 0.655. The zero-order valence-electron chi connectivity index (χ0n) is 9.69. The lowest BCUT2D eigenvalue weighted by Gasteiger charge is -2.13. The second-order valence-corrected chi connectivity index (χ2v) is 4.04. The van der Waals surface area contributed by atoms with E-state index in [1.54, 1.807) is 13.0 Å². The Kier molecular flexibility index (Phi) is 4.39. The van der Waals surface area contributed by atoms with E-state index in [4.69, 9.17) is 0 Å². The van der Waals surface area contributed by atoms with Gasteiger partial charge in [0.25, 0.3) is 0 Å². The van der Waals surface area contributed by atoms with Gasteiger partial charge in [0.15, 0.2) is 0 Å². The first-order chi connectivity index (χ1) is 7.46. The second kappa shape index (κ2) is 5.37. The van der Waals surface area contributed by atoms with Gasteiger partial charge in [-0.15, -0.1) is 0 Å². The van der Waals surface area contributed by atoms with Crippen LogP contribution in [0.2, 0.25) is 0 Å². The molecule has 1 rings (SSSR count). The maximum Gasteiger partial charge on any atom is 0.416 e. The predicted octanol–water partition coefficient (Wildman–Crippen LogP) is 4.75. The third-order valence-corrected chi connectivity index (χ3v) is 2.80. The maximum absolute atomic E-state index is 12.6. The Morgan fingerprint density at radius 3 is 2.38 bits per heavy atom. The molecule has 0 aromatic heterocycles. The summed E-state index contributed by atoms with van der Waals surface area (Å²) >= 11 is 0. The number of aryl methyl sites for hydroxylation is 1. The minimum absolute atomic E-state index is 0.381. The van der Waals surface area contributed by atoms with E-state index in [1.807, 2.05) is 0 Å². The molecule has 0 spiro atoms. The van der Waals surface area contributed by atoms with E-state index >= 15 is 0 Å². The first-order valence-electron chi connectivity index (χ1n) is 5.62. The van der Waals surface area contributed by atoms with E-state index in [9.17, 15) is 13.2 Å². The highest BCUT2D eigenvalue weighted by atomic mass is 19.4. The minimum atomic E-state index is -4.23. The topological polar surface area (TPSA) is 0 Å². The van der Waals surface area contributed by atoms with Crippen molar-refractivity contribution in [1.29, 1.82) is 0 Å². The van der Waals surface area contributed by atoms with Crippen molar-refractivity contribution < 1.29 is 13.2 Å². The summed E-state index contributed by atoms with van der Waals surface area (Å²) in [5.74, 6) is 0. The molecule has 3 heteroatoms. The lowest BCUT2D eigenvalue weighted by molar-refractivity contribution is -0.138. The van der Waals surface area contributed by atoms with Gasteiger partial charge in [-0.2, -0.15) is 13.2 Å². The van der Waals surface area contributed by atoms with Gasteiger partial charge in [-0.25, -0.2) is 0 Å². The van der Waals surface area contributed by atoms with Crippen LogP contribution in [0.1, 0.15) is 42.9 Å². The normalized spacial score (nSPS) is 11.8. The summed E-state index contributed by atoms with van der Waals surface area (Å²) in [6, 6.07) is 4.44. The zero-order valence-corrected chi connectivity index (χ0v) is 9.69. The van der Waals surface area contributed by atoms with Gasteiger partial charge in [0.1, 0.15) is 0 Å². The molecule has 0 aliphatic rings. The van der Waals surface area contributed by atoms with E-state index in [1.165, 1.54) is 6.07 Å². The SMILES string of the molecule is CCCCCc1cccc(C(F)(F)F)c1C. The number of hydrogen-bond acceptors (Lipinski definition) is 0. The summed E-state index contributed by atoms with van der Waals surface area (Å²) < 4.78 is 37.9. The van der Waals surface area contributed by atoms with Crippen molar-refractivity contribution in [3.63, 3.8) is 0 Å². The van der Waals surface area contributed by atoms with Gasteiger partial charge in [-0.1, -0.05) is 31.9 Å². The Balaban J connectivity index is 2.87. The average Bonchev–Trinajstić information content (AvgIpc) is 2.19. The molecule has 0 amide bonds. The highest BCUT2D eigenvalue weighted by molar-refractivity contribution is 5.36.